The molecule has 6 rings (SSSR count). The van der Waals surface area contributed by atoms with Gasteiger partial charge >= 0.3 is 5.97 Å². The zero-order chi connectivity index (χ0) is 32.3. The number of aliphatic hydroxyl groups is 1. The van der Waals surface area contributed by atoms with E-state index < -0.39 is 41.5 Å². The number of nitrogens with zero attached hydrogens (tertiary/aromatic N) is 2. The Hall–Kier alpha value is -3.99. The largest absolute Gasteiger partial charge is 0.463 e. The number of carbonyl (C=O) groups excluding carboxylic acids is 4. The summed E-state index contributed by atoms with van der Waals surface area (Å²) >= 11 is 6.14. The van der Waals surface area contributed by atoms with Gasteiger partial charge in [0.15, 0.2) is 0 Å². The third kappa shape index (κ3) is 6.09. The second-order valence-electron chi connectivity index (χ2n) is 12.1. The Morgan fingerprint density at radius 1 is 0.957 bits per heavy atom. The van der Waals surface area contributed by atoms with E-state index in [1.54, 1.807) is 52.3 Å². The van der Waals surface area contributed by atoms with Crippen LogP contribution in [0.15, 0.2) is 78.9 Å². The van der Waals surface area contributed by atoms with E-state index >= 15 is 0 Å². The van der Waals surface area contributed by atoms with E-state index in [4.69, 9.17) is 21.1 Å². The SMILES string of the molecule is O=C1CC/C=C\[C@H]2O[C@]34C=CCN(c5ccc(Cl)cc5)C(=O)[C@H]3N(CCCCCO)C(=O)[C@@H]4[C@H]2C(=O)N[C@H](c2ccccc2)CO1. The zero-order valence-electron chi connectivity index (χ0n) is 25.4. The minimum absolute atomic E-state index is 0.0349. The molecule has 3 amide bonds. The molecular formula is C35H38ClN3O7. The lowest BCUT2D eigenvalue weighted by Crippen LogP contribution is -2.55. The predicted octanol–water partition coefficient (Wildman–Crippen LogP) is 3.74. The van der Waals surface area contributed by atoms with Crippen molar-refractivity contribution in [3.05, 3.63) is 89.5 Å². The molecule has 0 aliphatic carbocycles. The Kier molecular flexibility index (Phi) is 9.58. The number of allylic oxidation sites excluding steroid dienone is 1. The van der Waals surface area contributed by atoms with Gasteiger partial charge in [0.2, 0.25) is 11.8 Å². The van der Waals surface area contributed by atoms with E-state index in [0.717, 1.165) is 5.56 Å². The number of nitrogens with one attached hydrogen (secondary N) is 1. The summed E-state index contributed by atoms with van der Waals surface area (Å²) in [5.41, 5.74) is -0.0200. The van der Waals surface area contributed by atoms with Crippen LogP contribution in [0, 0.1) is 11.8 Å². The summed E-state index contributed by atoms with van der Waals surface area (Å²) in [6.45, 7) is 0.492. The molecule has 46 heavy (non-hydrogen) atoms. The number of fused-ring (bicyclic) bond motifs is 2. The monoisotopic (exact) mass is 647 g/mol. The second-order valence-corrected chi connectivity index (χ2v) is 12.5. The molecule has 4 aliphatic rings. The number of aliphatic hydroxyl groups excluding tert-OH is 1. The summed E-state index contributed by atoms with van der Waals surface area (Å²) in [6, 6.07) is 14.5. The van der Waals surface area contributed by atoms with Crippen molar-refractivity contribution < 1.29 is 33.8 Å². The van der Waals surface area contributed by atoms with Gasteiger partial charge in [-0.05, 0) is 55.5 Å². The van der Waals surface area contributed by atoms with Crippen LogP contribution in [0.3, 0.4) is 0 Å². The lowest BCUT2D eigenvalue weighted by molar-refractivity contribution is -0.146. The van der Waals surface area contributed by atoms with Gasteiger partial charge in [-0.2, -0.15) is 0 Å². The molecule has 0 radical (unpaired) electrons. The third-order valence-electron chi connectivity index (χ3n) is 9.26. The van der Waals surface area contributed by atoms with Gasteiger partial charge in [-0.25, -0.2) is 0 Å². The molecule has 2 saturated heterocycles. The fourth-order valence-electron chi connectivity index (χ4n) is 7.10. The van der Waals surface area contributed by atoms with Gasteiger partial charge in [0, 0.05) is 36.8 Å². The maximum Gasteiger partial charge on any atom is 0.306 e. The molecule has 0 aromatic heterocycles. The normalized spacial score (nSPS) is 30.3. The van der Waals surface area contributed by atoms with Crippen LogP contribution in [0.1, 0.15) is 43.7 Å². The lowest BCUT2D eigenvalue weighted by atomic mass is 9.77. The van der Waals surface area contributed by atoms with Gasteiger partial charge in [0.1, 0.15) is 18.2 Å². The maximum atomic E-state index is 14.6. The summed E-state index contributed by atoms with van der Waals surface area (Å²) in [5, 5.41) is 12.9. The minimum Gasteiger partial charge on any atom is -0.463 e. The standard InChI is InChI=1S/C35H38ClN3O7/c36-24-14-16-25(17-15-24)38-20-9-18-35-30(33(43)39(31(35)34(38)44)19-7-2-8-21-40)29-27(46-35)12-5-6-13-28(41)45-22-26(37-32(29)42)23-10-3-1-4-11-23/h1,3-5,9-12,14-18,26-27,29-31,40H,2,6-8,13,19-22H2,(H,37,42)/b12-5-/t26-,27+,29-,30-,31+,35-/m0/s1. The number of halogens is 1. The first-order valence-corrected chi connectivity index (χ1v) is 16.2. The predicted molar refractivity (Wildman–Crippen MR) is 171 cm³/mol. The number of hydrogen-bond acceptors (Lipinski definition) is 7. The number of amides is 3. The summed E-state index contributed by atoms with van der Waals surface area (Å²) in [5.74, 6) is -3.36. The van der Waals surface area contributed by atoms with Crippen molar-refractivity contribution in [2.24, 2.45) is 11.8 Å². The second kappa shape index (κ2) is 13.8. The highest BCUT2D eigenvalue weighted by atomic mass is 35.5. The maximum absolute atomic E-state index is 14.6. The third-order valence-corrected chi connectivity index (χ3v) is 9.51. The highest BCUT2D eigenvalue weighted by Gasteiger charge is 2.71. The first-order chi connectivity index (χ1) is 22.3. The molecule has 4 aliphatic heterocycles. The topological polar surface area (TPSA) is 125 Å². The van der Waals surface area contributed by atoms with Crippen LogP contribution in [0.5, 0.6) is 0 Å². The molecule has 6 atom stereocenters. The van der Waals surface area contributed by atoms with Crippen molar-refractivity contribution in [3.63, 3.8) is 0 Å². The van der Waals surface area contributed by atoms with Crippen molar-refractivity contribution in [1.29, 1.82) is 0 Å². The zero-order valence-corrected chi connectivity index (χ0v) is 26.2. The average Bonchev–Trinajstić information content (AvgIpc) is 3.44. The number of benzene rings is 2. The quantitative estimate of drug-likeness (QED) is 0.267. The first-order valence-electron chi connectivity index (χ1n) is 15.9. The van der Waals surface area contributed by atoms with E-state index in [-0.39, 0.29) is 50.5 Å². The highest BCUT2D eigenvalue weighted by molar-refractivity contribution is 6.30. The van der Waals surface area contributed by atoms with Crippen molar-refractivity contribution >= 4 is 41.0 Å². The first kappa shape index (κ1) is 32.0. The van der Waals surface area contributed by atoms with E-state index in [0.29, 0.717) is 36.4 Å². The van der Waals surface area contributed by atoms with E-state index in [1.807, 2.05) is 36.4 Å². The number of ether oxygens (including phenoxy) is 2. The number of esters is 1. The van der Waals surface area contributed by atoms with Gasteiger partial charge in [0.25, 0.3) is 5.91 Å². The van der Waals surface area contributed by atoms with Crippen LogP contribution in [-0.4, -0.2) is 77.7 Å². The minimum atomic E-state index is -1.40. The van der Waals surface area contributed by atoms with Gasteiger partial charge in [-0.15, -0.1) is 0 Å². The Bertz CT molecular complexity index is 1510. The number of cyclic esters (lactones) is 1. The van der Waals surface area contributed by atoms with Crippen LogP contribution >= 0.6 is 11.6 Å². The van der Waals surface area contributed by atoms with Crippen molar-refractivity contribution in [2.45, 2.75) is 55.9 Å². The molecule has 2 aromatic rings. The Balaban J connectivity index is 1.40. The molecule has 0 saturated carbocycles. The molecule has 0 unspecified atom stereocenters. The number of carbonyl (C=O) groups is 4. The highest BCUT2D eigenvalue weighted by Crippen LogP contribution is 2.53. The van der Waals surface area contributed by atoms with Crippen LogP contribution in [-0.2, 0) is 28.7 Å². The fourth-order valence-corrected chi connectivity index (χ4v) is 7.23. The molecule has 2 aromatic carbocycles. The van der Waals surface area contributed by atoms with Crippen LogP contribution in [0.25, 0.3) is 0 Å². The Morgan fingerprint density at radius 3 is 2.50 bits per heavy atom. The summed E-state index contributed by atoms with van der Waals surface area (Å²) in [7, 11) is 0. The molecule has 10 nitrogen and oxygen atoms in total. The van der Waals surface area contributed by atoms with Gasteiger partial charge in [-0.1, -0.05) is 66.2 Å². The fraction of sp³-hybridized carbons (Fsp3) is 0.429. The molecule has 11 heteroatoms. The number of unbranched alkanes of at least 4 members (excludes halogenated alkanes) is 2. The van der Waals surface area contributed by atoms with E-state index in [9.17, 15) is 24.3 Å². The van der Waals surface area contributed by atoms with Gasteiger partial charge < -0.3 is 29.7 Å². The van der Waals surface area contributed by atoms with Gasteiger partial charge in [0.05, 0.1) is 24.0 Å². The summed E-state index contributed by atoms with van der Waals surface area (Å²) in [4.78, 5) is 59.1. The summed E-state index contributed by atoms with van der Waals surface area (Å²) < 4.78 is 12.3. The smallest absolute Gasteiger partial charge is 0.306 e. The van der Waals surface area contributed by atoms with E-state index in [1.165, 1.54) is 0 Å². The van der Waals surface area contributed by atoms with Crippen LogP contribution in [0.4, 0.5) is 5.69 Å². The van der Waals surface area contributed by atoms with E-state index in [2.05, 4.69) is 5.32 Å². The molecule has 2 N–H and O–H groups in total. The lowest BCUT2D eigenvalue weighted by Gasteiger charge is -2.35. The molecule has 4 heterocycles. The number of likely N-dealkylation sites (tertiary alicyclic amines) is 1. The number of rotatable bonds is 7. The Morgan fingerprint density at radius 2 is 1.74 bits per heavy atom. The molecule has 242 valence electrons. The molecule has 2 fully saturated rings. The average molecular weight is 648 g/mol. The van der Waals surface area contributed by atoms with Crippen molar-refractivity contribution in [3.8, 4) is 0 Å². The van der Waals surface area contributed by atoms with Crippen LogP contribution in [0.2, 0.25) is 5.02 Å². The van der Waals surface area contributed by atoms with Crippen molar-refractivity contribution in [2.75, 3.05) is 31.2 Å². The molecular weight excluding hydrogens is 610 g/mol. The molecule has 0 bridgehead atoms. The number of anilines is 1. The van der Waals surface area contributed by atoms with Crippen LogP contribution < -0.4 is 10.2 Å². The molecule has 1 spiro atoms. The number of hydrogen-bond donors (Lipinski definition) is 2. The summed E-state index contributed by atoms with van der Waals surface area (Å²) in [6.07, 6.45) is 8.66. The Labute approximate surface area is 273 Å². The van der Waals surface area contributed by atoms with Crippen molar-refractivity contribution in [1.82, 2.24) is 10.2 Å². The van der Waals surface area contributed by atoms with Gasteiger partial charge in [-0.3, -0.25) is 19.2 Å².